The van der Waals surface area contributed by atoms with Gasteiger partial charge in [0.25, 0.3) is 0 Å². The quantitative estimate of drug-likeness (QED) is 0.666. The molecule has 2 aliphatic heterocycles. The highest BCUT2D eigenvalue weighted by atomic mass is 35.5. The van der Waals surface area contributed by atoms with E-state index in [1.165, 1.54) is 6.34 Å². The first kappa shape index (κ1) is 14.0. The number of aliphatic hydroxyl groups excluding tert-OH is 3. The van der Waals surface area contributed by atoms with Crippen LogP contribution in [0.3, 0.4) is 0 Å². The molecule has 1 fully saturated rings. The highest BCUT2D eigenvalue weighted by Gasteiger charge is 2.52. The van der Waals surface area contributed by atoms with Crippen LogP contribution in [0.2, 0.25) is 0 Å². The molecule has 0 aromatic carbocycles. The van der Waals surface area contributed by atoms with Crippen molar-refractivity contribution < 1.29 is 15.3 Å². The predicted molar refractivity (Wildman–Crippen MR) is 75.6 cm³/mol. The summed E-state index contributed by atoms with van der Waals surface area (Å²) in [6.07, 6.45) is 3.87. The molecule has 6 atom stereocenters. The molecule has 0 saturated heterocycles. The summed E-state index contributed by atoms with van der Waals surface area (Å²) < 4.78 is 0. The zero-order chi connectivity index (χ0) is 14.5. The standard InChI is InChI=1S/C13H18ClN3O3/c1-13-8(12(14)15-6-16-13)2-3-17(13)9-4-7(5-18)10(19)11(9)20/h2-3,6-11,18-20H,4-5H2,1H3/t7?,8?,9?,10-,11+,13?/m1/s1. The SMILES string of the molecule is CC12N=CN=C(Cl)C1C=CN2C1CC(CO)[C@@H](O)[C@H]1O. The monoisotopic (exact) mass is 299 g/mol. The number of hydrogen-bond acceptors (Lipinski definition) is 6. The maximum absolute atomic E-state index is 10.2. The molecular weight excluding hydrogens is 282 g/mol. The van der Waals surface area contributed by atoms with Crippen molar-refractivity contribution in [1.82, 2.24) is 4.90 Å². The van der Waals surface area contributed by atoms with Gasteiger partial charge in [0.1, 0.15) is 23.3 Å². The maximum Gasteiger partial charge on any atom is 0.143 e. The fourth-order valence-electron chi connectivity index (χ4n) is 3.41. The van der Waals surface area contributed by atoms with Crippen LogP contribution in [0.1, 0.15) is 13.3 Å². The summed E-state index contributed by atoms with van der Waals surface area (Å²) in [4.78, 5) is 10.4. The summed E-state index contributed by atoms with van der Waals surface area (Å²) in [6.45, 7) is 1.79. The first-order valence-electron chi connectivity index (χ1n) is 6.69. The number of nitrogens with zero attached hydrogens (tertiary/aromatic N) is 3. The Hall–Kier alpha value is -0.950. The normalized spacial score (nSPS) is 46.8. The van der Waals surface area contributed by atoms with E-state index in [0.29, 0.717) is 11.6 Å². The Kier molecular flexibility index (Phi) is 3.36. The molecule has 0 aromatic rings. The smallest absolute Gasteiger partial charge is 0.143 e. The Labute approximate surface area is 122 Å². The zero-order valence-corrected chi connectivity index (χ0v) is 11.9. The summed E-state index contributed by atoms with van der Waals surface area (Å²) >= 11 is 6.13. The number of fused-ring (bicyclic) bond motifs is 1. The van der Waals surface area contributed by atoms with Gasteiger partial charge in [0, 0.05) is 12.5 Å². The van der Waals surface area contributed by atoms with Crippen LogP contribution in [0.4, 0.5) is 0 Å². The average Bonchev–Trinajstić information content (AvgIpc) is 2.90. The van der Waals surface area contributed by atoms with Gasteiger partial charge < -0.3 is 20.2 Å². The molecule has 3 N–H and O–H groups in total. The van der Waals surface area contributed by atoms with Gasteiger partial charge >= 0.3 is 0 Å². The topological polar surface area (TPSA) is 88.7 Å². The van der Waals surface area contributed by atoms with Crippen LogP contribution in [0.25, 0.3) is 0 Å². The molecule has 7 heteroatoms. The van der Waals surface area contributed by atoms with Gasteiger partial charge in [0.15, 0.2) is 0 Å². The number of rotatable bonds is 2. The largest absolute Gasteiger partial charge is 0.396 e. The summed E-state index contributed by atoms with van der Waals surface area (Å²) in [5.41, 5.74) is -0.630. The van der Waals surface area contributed by atoms with Crippen LogP contribution in [-0.2, 0) is 0 Å². The number of halogens is 1. The minimum absolute atomic E-state index is 0.141. The Morgan fingerprint density at radius 1 is 1.45 bits per heavy atom. The third-order valence-electron chi connectivity index (χ3n) is 4.67. The fraction of sp³-hybridized carbons (Fsp3) is 0.692. The van der Waals surface area contributed by atoms with E-state index in [2.05, 4.69) is 9.98 Å². The summed E-state index contributed by atoms with van der Waals surface area (Å²) in [5, 5.41) is 30.0. The maximum atomic E-state index is 10.2. The minimum Gasteiger partial charge on any atom is -0.396 e. The molecule has 3 aliphatic rings. The molecule has 0 radical (unpaired) electrons. The number of aliphatic hydroxyl groups is 3. The highest BCUT2D eigenvalue weighted by Crippen LogP contribution is 2.43. The van der Waals surface area contributed by atoms with Crippen molar-refractivity contribution in [2.24, 2.45) is 21.8 Å². The van der Waals surface area contributed by atoms with E-state index < -0.39 is 17.9 Å². The van der Waals surface area contributed by atoms with Gasteiger partial charge in [-0.1, -0.05) is 17.7 Å². The van der Waals surface area contributed by atoms with E-state index in [1.54, 1.807) is 0 Å². The van der Waals surface area contributed by atoms with Crippen molar-refractivity contribution >= 4 is 23.1 Å². The second-order valence-corrected chi connectivity index (χ2v) is 6.13. The van der Waals surface area contributed by atoms with Gasteiger partial charge in [-0.15, -0.1) is 0 Å². The molecular formula is C13H18ClN3O3. The molecule has 0 bridgehead atoms. The Balaban J connectivity index is 1.88. The zero-order valence-electron chi connectivity index (χ0n) is 11.1. The van der Waals surface area contributed by atoms with E-state index in [4.69, 9.17) is 11.6 Å². The predicted octanol–water partition coefficient (Wildman–Crippen LogP) is -0.0701. The fourth-order valence-corrected chi connectivity index (χ4v) is 3.73. The summed E-state index contributed by atoms with van der Waals surface area (Å²) in [5.74, 6) is -0.463. The lowest BCUT2D eigenvalue weighted by atomic mass is 9.95. The Morgan fingerprint density at radius 3 is 2.85 bits per heavy atom. The number of hydrogen-bond donors (Lipinski definition) is 3. The van der Waals surface area contributed by atoms with Crippen molar-refractivity contribution in [2.45, 2.75) is 37.3 Å². The second kappa shape index (κ2) is 4.80. The first-order valence-corrected chi connectivity index (χ1v) is 7.07. The van der Waals surface area contributed by atoms with E-state index >= 15 is 0 Å². The molecule has 20 heavy (non-hydrogen) atoms. The van der Waals surface area contributed by atoms with Crippen LogP contribution in [0, 0.1) is 11.8 Å². The van der Waals surface area contributed by atoms with Gasteiger partial charge in [-0.2, -0.15) is 0 Å². The second-order valence-electron chi connectivity index (χ2n) is 5.74. The highest BCUT2D eigenvalue weighted by molar-refractivity contribution is 6.67. The first-order chi connectivity index (χ1) is 9.49. The van der Waals surface area contributed by atoms with Crippen LogP contribution in [-0.4, -0.2) is 62.2 Å². The van der Waals surface area contributed by atoms with Crippen molar-refractivity contribution in [2.75, 3.05) is 6.61 Å². The van der Waals surface area contributed by atoms with E-state index in [-0.39, 0.29) is 24.5 Å². The third-order valence-corrected chi connectivity index (χ3v) is 5.00. The lowest BCUT2D eigenvalue weighted by Crippen LogP contribution is -2.53. The van der Waals surface area contributed by atoms with Crippen LogP contribution in [0.15, 0.2) is 22.3 Å². The Bertz CT molecular complexity index is 495. The van der Waals surface area contributed by atoms with Gasteiger partial charge in [-0.05, 0) is 19.5 Å². The lowest BCUT2D eigenvalue weighted by molar-refractivity contribution is -0.0245. The molecule has 0 amide bonds. The van der Waals surface area contributed by atoms with Gasteiger partial charge in [-0.25, -0.2) is 9.98 Å². The molecule has 1 aliphatic carbocycles. The van der Waals surface area contributed by atoms with Crippen molar-refractivity contribution in [1.29, 1.82) is 0 Å². The van der Waals surface area contributed by atoms with Gasteiger partial charge in [0.05, 0.1) is 18.1 Å². The molecule has 110 valence electrons. The summed E-state index contributed by atoms with van der Waals surface area (Å²) in [6, 6.07) is -0.298. The molecule has 3 rings (SSSR count). The lowest BCUT2D eigenvalue weighted by Gasteiger charge is -2.42. The number of aliphatic imine (C=N–C) groups is 2. The molecule has 0 spiro atoms. The van der Waals surface area contributed by atoms with E-state index in [0.717, 1.165) is 0 Å². The molecule has 0 aromatic heterocycles. The van der Waals surface area contributed by atoms with Crippen LogP contribution < -0.4 is 0 Å². The van der Waals surface area contributed by atoms with E-state index in [1.807, 2.05) is 24.1 Å². The van der Waals surface area contributed by atoms with Crippen LogP contribution in [0.5, 0.6) is 0 Å². The van der Waals surface area contributed by atoms with E-state index in [9.17, 15) is 15.3 Å². The molecule has 2 heterocycles. The molecule has 6 nitrogen and oxygen atoms in total. The van der Waals surface area contributed by atoms with Crippen LogP contribution >= 0.6 is 11.6 Å². The molecule has 4 unspecified atom stereocenters. The van der Waals surface area contributed by atoms with Gasteiger partial charge in [0.2, 0.25) is 0 Å². The van der Waals surface area contributed by atoms with Crippen molar-refractivity contribution in [3.05, 3.63) is 12.3 Å². The third kappa shape index (κ3) is 1.83. The van der Waals surface area contributed by atoms with Crippen molar-refractivity contribution in [3.8, 4) is 0 Å². The molecule has 1 saturated carbocycles. The van der Waals surface area contributed by atoms with Gasteiger partial charge in [-0.3, -0.25) is 0 Å². The van der Waals surface area contributed by atoms with Crippen molar-refractivity contribution in [3.63, 3.8) is 0 Å². The summed E-state index contributed by atoms with van der Waals surface area (Å²) in [7, 11) is 0. The minimum atomic E-state index is -0.919. The Morgan fingerprint density at radius 2 is 2.20 bits per heavy atom. The average molecular weight is 300 g/mol.